The van der Waals surface area contributed by atoms with Crippen LogP contribution in [0.3, 0.4) is 0 Å². The van der Waals surface area contributed by atoms with E-state index >= 15 is 0 Å². The number of para-hydroxylation sites is 1. The highest BCUT2D eigenvalue weighted by atomic mass is 16.2. The van der Waals surface area contributed by atoms with Crippen LogP contribution >= 0.6 is 0 Å². The molecule has 5 heteroatoms. The van der Waals surface area contributed by atoms with Gasteiger partial charge in [-0.1, -0.05) is 30.3 Å². The predicted octanol–water partition coefficient (Wildman–Crippen LogP) is 3.53. The highest BCUT2D eigenvalue weighted by Gasteiger charge is 2.61. The Labute approximate surface area is 163 Å². The van der Waals surface area contributed by atoms with Gasteiger partial charge in [-0.3, -0.25) is 9.78 Å². The maximum Gasteiger partial charge on any atom is 0.241 e. The van der Waals surface area contributed by atoms with Gasteiger partial charge in [0.25, 0.3) is 0 Å². The van der Waals surface area contributed by atoms with E-state index in [0.717, 1.165) is 41.8 Å². The van der Waals surface area contributed by atoms with E-state index in [-0.39, 0.29) is 17.7 Å². The molecule has 1 aromatic heterocycles. The molecule has 3 atom stereocenters. The maximum absolute atomic E-state index is 13.6. The first-order valence-corrected chi connectivity index (χ1v) is 9.62. The van der Waals surface area contributed by atoms with E-state index < -0.39 is 5.41 Å². The van der Waals surface area contributed by atoms with Crippen LogP contribution in [-0.4, -0.2) is 10.9 Å². The predicted molar refractivity (Wildman–Crippen MR) is 106 cm³/mol. The van der Waals surface area contributed by atoms with Gasteiger partial charge in [0.2, 0.25) is 5.91 Å². The van der Waals surface area contributed by atoms with Gasteiger partial charge in [0.05, 0.1) is 5.57 Å². The van der Waals surface area contributed by atoms with Gasteiger partial charge in [0.1, 0.15) is 11.5 Å². The van der Waals surface area contributed by atoms with Crippen LogP contribution in [0.2, 0.25) is 0 Å². The summed E-state index contributed by atoms with van der Waals surface area (Å²) in [5, 5.41) is 13.0. The molecule has 3 aliphatic rings. The van der Waals surface area contributed by atoms with Crippen molar-refractivity contribution < 1.29 is 4.79 Å². The Kier molecular flexibility index (Phi) is 3.63. The highest BCUT2D eigenvalue weighted by molar-refractivity contribution is 6.10. The van der Waals surface area contributed by atoms with Crippen molar-refractivity contribution in [1.29, 1.82) is 5.26 Å². The number of nitrogens with zero attached hydrogens (tertiary/aromatic N) is 2. The number of allylic oxidation sites excluding steroid dienone is 3. The van der Waals surface area contributed by atoms with Crippen LogP contribution in [-0.2, 0) is 10.2 Å². The second-order valence-corrected chi connectivity index (χ2v) is 7.64. The molecular formula is C23H20N4O. The number of amides is 1. The van der Waals surface area contributed by atoms with Crippen LogP contribution in [0.25, 0.3) is 0 Å². The number of benzene rings is 1. The molecule has 2 aliphatic carbocycles. The van der Waals surface area contributed by atoms with Gasteiger partial charge < -0.3 is 11.1 Å². The Morgan fingerprint density at radius 3 is 2.82 bits per heavy atom. The van der Waals surface area contributed by atoms with E-state index in [0.29, 0.717) is 11.3 Å². The van der Waals surface area contributed by atoms with E-state index in [9.17, 15) is 10.1 Å². The third-order valence-corrected chi connectivity index (χ3v) is 6.41. The summed E-state index contributed by atoms with van der Waals surface area (Å²) in [6.45, 7) is 0. The maximum atomic E-state index is 13.6. The molecule has 0 bridgehead atoms. The fraction of sp³-hybridized carbons (Fsp3) is 0.261. The topological polar surface area (TPSA) is 91.8 Å². The number of pyridine rings is 1. The highest BCUT2D eigenvalue weighted by Crippen LogP contribution is 2.60. The molecule has 0 saturated heterocycles. The second kappa shape index (κ2) is 6.07. The molecule has 0 radical (unpaired) electrons. The number of nitrogens with one attached hydrogen (secondary N) is 1. The summed E-state index contributed by atoms with van der Waals surface area (Å²) in [5.41, 5.74) is 9.80. The molecule has 5 nitrogen and oxygen atoms in total. The second-order valence-electron chi connectivity index (χ2n) is 7.64. The Hall–Kier alpha value is -3.39. The van der Waals surface area contributed by atoms with Crippen molar-refractivity contribution in [2.24, 2.45) is 11.7 Å². The normalized spacial score (nSPS) is 28.2. The van der Waals surface area contributed by atoms with E-state index in [1.807, 2.05) is 42.5 Å². The first-order valence-electron chi connectivity index (χ1n) is 9.62. The summed E-state index contributed by atoms with van der Waals surface area (Å²) < 4.78 is 0. The first-order chi connectivity index (χ1) is 13.7. The summed E-state index contributed by atoms with van der Waals surface area (Å²) in [6, 6.07) is 15.8. The third-order valence-electron chi connectivity index (χ3n) is 6.41. The van der Waals surface area contributed by atoms with Gasteiger partial charge in [-0.05, 0) is 54.5 Å². The van der Waals surface area contributed by atoms with Gasteiger partial charge in [0.15, 0.2) is 0 Å². The van der Waals surface area contributed by atoms with Gasteiger partial charge >= 0.3 is 0 Å². The summed E-state index contributed by atoms with van der Waals surface area (Å²) in [4.78, 5) is 18.2. The fourth-order valence-corrected chi connectivity index (χ4v) is 5.33. The van der Waals surface area contributed by atoms with Crippen molar-refractivity contribution in [3.63, 3.8) is 0 Å². The van der Waals surface area contributed by atoms with Crippen LogP contribution in [0.1, 0.15) is 36.4 Å². The van der Waals surface area contributed by atoms with Crippen LogP contribution in [0.5, 0.6) is 0 Å². The van der Waals surface area contributed by atoms with Crippen molar-refractivity contribution >= 4 is 11.6 Å². The van der Waals surface area contributed by atoms with Gasteiger partial charge in [0, 0.05) is 29.2 Å². The number of nitriles is 1. The number of anilines is 1. The summed E-state index contributed by atoms with van der Waals surface area (Å²) in [7, 11) is 0. The minimum Gasteiger partial charge on any atom is -0.400 e. The molecular weight excluding hydrogens is 348 g/mol. The van der Waals surface area contributed by atoms with Gasteiger partial charge in [-0.25, -0.2) is 0 Å². The van der Waals surface area contributed by atoms with Crippen molar-refractivity contribution in [2.45, 2.75) is 30.6 Å². The van der Waals surface area contributed by atoms with E-state index in [4.69, 9.17) is 5.73 Å². The zero-order chi connectivity index (χ0) is 19.3. The Balaban J connectivity index is 1.90. The quantitative estimate of drug-likeness (QED) is 0.805. The Morgan fingerprint density at radius 2 is 2.04 bits per heavy atom. The third kappa shape index (κ3) is 2.00. The monoisotopic (exact) mass is 368 g/mol. The van der Waals surface area contributed by atoms with Crippen LogP contribution < -0.4 is 11.1 Å². The lowest BCUT2D eigenvalue weighted by molar-refractivity contribution is -0.121. The van der Waals surface area contributed by atoms with Crippen molar-refractivity contribution in [2.75, 3.05) is 5.32 Å². The number of carbonyl (C=O) groups excluding carboxylic acids is 1. The molecule has 1 aliphatic heterocycles. The number of hydrogen-bond donors (Lipinski definition) is 2. The van der Waals surface area contributed by atoms with Crippen LogP contribution in [0, 0.1) is 17.2 Å². The lowest BCUT2D eigenvalue weighted by Crippen LogP contribution is -2.51. The SMILES string of the molecule is N#CC1=C(N)[C@]2(C(=O)Nc3ccccc32)[C@@H](c2ccccn2)[C@@H]2CCCC=C12. The number of aromatic nitrogens is 1. The van der Waals surface area contributed by atoms with Gasteiger partial charge in [-0.2, -0.15) is 5.26 Å². The molecule has 0 fully saturated rings. The lowest BCUT2D eigenvalue weighted by Gasteiger charge is -2.46. The smallest absolute Gasteiger partial charge is 0.241 e. The lowest BCUT2D eigenvalue weighted by atomic mass is 9.54. The van der Waals surface area contributed by atoms with Crippen LogP contribution in [0.15, 0.2) is 71.6 Å². The molecule has 2 heterocycles. The van der Waals surface area contributed by atoms with Crippen molar-refractivity contribution in [3.8, 4) is 6.07 Å². The number of nitrogens with two attached hydrogens (primary N) is 1. The standard InChI is InChI=1S/C23H20N4O/c24-13-16-14-7-1-2-8-15(14)20(19-11-5-6-12-26-19)23(21(16)25)17-9-3-4-10-18(17)27-22(23)28/h3-7,9-12,15,20H,1-2,8,25H2,(H,27,28)/t15-,20-,23-/m1/s1. The van der Waals surface area contributed by atoms with Gasteiger partial charge in [-0.15, -0.1) is 0 Å². The van der Waals surface area contributed by atoms with Crippen LogP contribution in [0.4, 0.5) is 5.69 Å². The number of carbonyl (C=O) groups is 1. The number of hydrogen-bond acceptors (Lipinski definition) is 4. The molecule has 28 heavy (non-hydrogen) atoms. The summed E-state index contributed by atoms with van der Waals surface area (Å²) in [6.07, 6.45) is 6.74. The van der Waals surface area contributed by atoms with E-state index in [1.165, 1.54) is 0 Å². The zero-order valence-electron chi connectivity index (χ0n) is 15.4. The molecule has 0 saturated carbocycles. The minimum atomic E-state index is -1.12. The first kappa shape index (κ1) is 16.8. The molecule has 2 aromatic rings. The average Bonchev–Trinajstić information content (AvgIpc) is 3.02. The summed E-state index contributed by atoms with van der Waals surface area (Å²) in [5.74, 6) is -0.386. The zero-order valence-corrected chi connectivity index (χ0v) is 15.4. The average molecular weight is 368 g/mol. The Morgan fingerprint density at radius 1 is 1.21 bits per heavy atom. The molecule has 5 rings (SSSR count). The van der Waals surface area contributed by atoms with E-state index in [2.05, 4.69) is 22.4 Å². The van der Waals surface area contributed by atoms with E-state index in [1.54, 1.807) is 6.20 Å². The molecule has 138 valence electrons. The van der Waals surface area contributed by atoms with Crippen molar-refractivity contribution in [1.82, 2.24) is 4.98 Å². The summed E-state index contributed by atoms with van der Waals surface area (Å²) >= 11 is 0. The number of fused-ring (bicyclic) bond motifs is 3. The largest absolute Gasteiger partial charge is 0.400 e. The number of rotatable bonds is 1. The van der Waals surface area contributed by atoms with Crippen molar-refractivity contribution in [3.05, 3.63) is 82.8 Å². The fourth-order valence-electron chi connectivity index (χ4n) is 5.33. The molecule has 0 unspecified atom stereocenters. The molecule has 1 amide bonds. The molecule has 1 spiro atoms. The minimum absolute atomic E-state index is 0.0301. The molecule has 1 aromatic carbocycles. The Bertz CT molecular complexity index is 1080. The molecule has 3 N–H and O–H groups in total.